The zero-order valence-corrected chi connectivity index (χ0v) is 18.2. The number of carbonyl (C=O) groups is 1. The Hall–Kier alpha value is -3.16. The fourth-order valence-electron chi connectivity index (χ4n) is 3.37. The van der Waals surface area contributed by atoms with Crippen molar-refractivity contribution in [2.24, 2.45) is 0 Å². The molecule has 0 bridgehead atoms. The number of amides is 1. The van der Waals surface area contributed by atoms with Crippen molar-refractivity contribution in [2.75, 3.05) is 5.32 Å². The molecule has 0 aliphatic heterocycles. The average Bonchev–Trinajstić information content (AvgIpc) is 3.23. The molecule has 9 heteroatoms. The predicted molar refractivity (Wildman–Crippen MR) is 119 cm³/mol. The third kappa shape index (κ3) is 4.19. The van der Waals surface area contributed by atoms with E-state index in [2.05, 4.69) is 15.5 Å². The van der Waals surface area contributed by atoms with Crippen molar-refractivity contribution >= 4 is 34.9 Å². The lowest BCUT2D eigenvalue weighted by Gasteiger charge is -2.06. The van der Waals surface area contributed by atoms with Gasteiger partial charge in [0.05, 0.1) is 29.2 Å². The van der Waals surface area contributed by atoms with E-state index in [4.69, 9.17) is 23.2 Å². The van der Waals surface area contributed by atoms with Gasteiger partial charge in [0.15, 0.2) is 5.82 Å². The van der Waals surface area contributed by atoms with Gasteiger partial charge in [-0.25, -0.2) is 9.07 Å². The van der Waals surface area contributed by atoms with Gasteiger partial charge in [-0.2, -0.15) is 10.2 Å². The number of halogens is 3. The highest BCUT2D eigenvalue weighted by Crippen LogP contribution is 2.25. The molecule has 2 aromatic carbocycles. The van der Waals surface area contributed by atoms with Gasteiger partial charge in [-0.05, 0) is 38.1 Å². The lowest BCUT2D eigenvalue weighted by molar-refractivity contribution is 0.102. The fraction of sp³-hybridized carbons (Fsp3) is 0.136. The van der Waals surface area contributed by atoms with Crippen LogP contribution in [0.2, 0.25) is 10.0 Å². The first-order chi connectivity index (χ1) is 14.8. The molecule has 158 valence electrons. The van der Waals surface area contributed by atoms with Crippen LogP contribution in [0.15, 0.2) is 54.7 Å². The maximum Gasteiger partial charge on any atom is 0.260 e. The number of carbonyl (C=O) groups excluding carboxylic acids is 1. The molecule has 0 unspecified atom stereocenters. The summed E-state index contributed by atoms with van der Waals surface area (Å²) in [4.78, 5) is 13.0. The minimum absolute atomic E-state index is 0.0745. The van der Waals surface area contributed by atoms with Crippen LogP contribution < -0.4 is 5.32 Å². The van der Waals surface area contributed by atoms with Crippen molar-refractivity contribution in [1.82, 2.24) is 19.6 Å². The molecule has 0 saturated heterocycles. The first kappa shape index (κ1) is 21.1. The third-order valence-electron chi connectivity index (χ3n) is 4.85. The SMILES string of the molecule is Cc1nn(-c2ccccc2)c(C)c1C(=O)Nc1nn(Cc2c(F)cccc2Cl)cc1Cl. The molecule has 31 heavy (non-hydrogen) atoms. The van der Waals surface area contributed by atoms with Crippen LogP contribution in [0.5, 0.6) is 0 Å². The lowest BCUT2D eigenvalue weighted by Crippen LogP contribution is -2.15. The first-order valence-electron chi connectivity index (χ1n) is 9.44. The van der Waals surface area contributed by atoms with E-state index in [1.807, 2.05) is 37.3 Å². The van der Waals surface area contributed by atoms with Crippen molar-refractivity contribution < 1.29 is 9.18 Å². The number of aryl methyl sites for hydroxylation is 1. The van der Waals surface area contributed by atoms with Gasteiger partial charge in [0.25, 0.3) is 5.91 Å². The second-order valence-electron chi connectivity index (χ2n) is 6.97. The number of rotatable bonds is 5. The number of anilines is 1. The summed E-state index contributed by atoms with van der Waals surface area (Å²) >= 11 is 12.3. The summed E-state index contributed by atoms with van der Waals surface area (Å²) in [5.41, 5.74) is 2.84. The number of nitrogens with zero attached hydrogens (tertiary/aromatic N) is 4. The number of benzene rings is 2. The molecule has 2 aromatic heterocycles. The van der Waals surface area contributed by atoms with Crippen LogP contribution in [-0.4, -0.2) is 25.5 Å². The second-order valence-corrected chi connectivity index (χ2v) is 7.79. The summed E-state index contributed by atoms with van der Waals surface area (Å²) in [7, 11) is 0. The van der Waals surface area contributed by atoms with E-state index in [0.717, 1.165) is 5.69 Å². The Bertz CT molecular complexity index is 1250. The van der Waals surface area contributed by atoms with Gasteiger partial charge in [-0.1, -0.05) is 47.5 Å². The van der Waals surface area contributed by atoms with Gasteiger partial charge < -0.3 is 5.32 Å². The van der Waals surface area contributed by atoms with Crippen LogP contribution in [0.4, 0.5) is 10.2 Å². The largest absolute Gasteiger partial charge is 0.304 e. The van der Waals surface area contributed by atoms with Crippen LogP contribution in [-0.2, 0) is 6.54 Å². The summed E-state index contributed by atoms with van der Waals surface area (Å²) in [6.45, 7) is 3.66. The normalized spacial score (nSPS) is 11.0. The monoisotopic (exact) mass is 457 g/mol. The van der Waals surface area contributed by atoms with Crippen LogP contribution in [0.25, 0.3) is 5.69 Å². The van der Waals surface area contributed by atoms with Crippen LogP contribution >= 0.6 is 23.2 Å². The molecule has 0 fully saturated rings. The molecule has 6 nitrogen and oxygen atoms in total. The summed E-state index contributed by atoms with van der Waals surface area (Å²) < 4.78 is 17.2. The Morgan fingerprint density at radius 3 is 2.48 bits per heavy atom. The van der Waals surface area contributed by atoms with Gasteiger partial charge in [0, 0.05) is 16.8 Å². The van der Waals surface area contributed by atoms with Gasteiger partial charge in [-0.15, -0.1) is 0 Å². The highest BCUT2D eigenvalue weighted by atomic mass is 35.5. The zero-order chi connectivity index (χ0) is 22.1. The predicted octanol–water partition coefficient (Wildman–Crippen LogP) is 5.43. The summed E-state index contributed by atoms with van der Waals surface area (Å²) in [6.07, 6.45) is 1.51. The van der Waals surface area contributed by atoms with Crippen LogP contribution in [0, 0.1) is 19.7 Å². The Kier molecular flexibility index (Phi) is 5.80. The molecule has 0 aliphatic carbocycles. The van der Waals surface area contributed by atoms with Crippen molar-refractivity contribution in [3.63, 3.8) is 0 Å². The fourth-order valence-corrected chi connectivity index (χ4v) is 3.79. The highest BCUT2D eigenvalue weighted by Gasteiger charge is 2.21. The number of nitrogens with one attached hydrogen (secondary N) is 1. The molecule has 0 spiro atoms. The maximum atomic E-state index is 14.1. The topological polar surface area (TPSA) is 64.7 Å². The van der Waals surface area contributed by atoms with E-state index in [1.165, 1.54) is 23.0 Å². The standard InChI is InChI=1S/C22H18Cl2FN5O/c1-13-20(14(2)30(27-13)15-7-4-3-5-8-15)22(31)26-21-18(24)12-29(28-21)11-16-17(23)9-6-10-19(16)25/h3-10,12H,11H2,1-2H3,(H,26,28,31). The van der Waals surface area contributed by atoms with E-state index in [0.29, 0.717) is 17.0 Å². The smallest absolute Gasteiger partial charge is 0.260 e. The van der Waals surface area contributed by atoms with E-state index in [-0.39, 0.29) is 33.9 Å². The lowest BCUT2D eigenvalue weighted by atomic mass is 10.2. The number of hydrogen-bond acceptors (Lipinski definition) is 3. The highest BCUT2D eigenvalue weighted by molar-refractivity contribution is 6.33. The number of hydrogen-bond donors (Lipinski definition) is 1. The van der Waals surface area contributed by atoms with Gasteiger partial charge in [-0.3, -0.25) is 9.48 Å². The number of para-hydroxylation sites is 1. The molecule has 0 radical (unpaired) electrons. The molecule has 1 N–H and O–H groups in total. The molecule has 2 heterocycles. The van der Waals surface area contributed by atoms with E-state index < -0.39 is 5.82 Å². The molecule has 4 rings (SSSR count). The molecular formula is C22H18Cl2FN5O. The van der Waals surface area contributed by atoms with Gasteiger partial charge in [0.2, 0.25) is 0 Å². The molecule has 0 saturated carbocycles. The van der Waals surface area contributed by atoms with Crippen LogP contribution in [0.3, 0.4) is 0 Å². The second kappa shape index (κ2) is 8.53. The van der Waals surface area contributed by atoms with Crippen molar-refractivity contribution in [3.05, 3.63) is 93.1 Å². The maximum absolute atomic E-state index is 14.1. The summed E-state index contributed by atoms with van der Waals surface area (Å²) in [5.74, 6) is -0.650. The van der Waals surface area contributed by atoms with Gasteiger partial charge in [0.1, 0.15) is 10.8 Å². The minimum Gasteiger partial charge on any atom is -0.304 e. The van der Waals surface area contributed by atoms with E-state index >= 15 is 0 Å². The van der Waals surface area contributed by atoms with Crippen molar-refractivity contribution in [1.29, 1.82) is 0 Å². The molecular weight excluding hydrogens is 440 g/mol. The Balaban J connectivity index is 1.58. The Morgan fingerprint density at radius 1 is 1.03 bits per heavy atom. The molecule has 0 aliphatic rings. The number of aromatic nitrogens is 4. The summed E-state index contributed by atoms with van der Waals surface area (Å²) in [5, 5.41) is 12.0. The van der Waals surface area contributed by atoms with E-state index in [9.17, 15) is 9.18 Å². The van der Waals surface area contributed by atoms with Crippen LogP contribution in [0.1, 0.15) is 27.3 Å². The van der Waals surface area contributed by atoms with E-state index in [1.54, 1.807) is 17.7 Å². The zero-order valence-electron chi connectivity index (χ0n) is 16.7. The minimum atomic E-state index is -0.440. The average molecular weight is 458 g/mol. The quantitative estimate of drug-likeness (QED) is 0.434. The Labute approximate surface area is 188 Å². The van der Waals surface area contributed by atoms with Crippen molar-refractivity contribution in [2.45, 2.75) is 20.4 Å². The van der Waals surface area contributed by atoms with Crippen molar-refractivity contribution in [3.8, 4) is 5.69 Å². The summed E-state index contributed by atoms with van der Waals surface area (Å²) in [6, 6.07) is 14.0. The molecule has 1 amide bonds. The Morgan fingerprint density at radius 2 is 1.77 bits per heavy atom. The van der Waals surface area contributed by atoms with Gasteiger partial charge >= 0.3 is 0 Å². The third-order valence-corrected chi connectivity index (χ3v) is 5.48. The first-order valence-corrected chi connectivity index (χ1v) is 10.2. The molecule has 0 atom stereocenters. The molecule has 4 aromatic rings.